The molecule has 3 heterocycles. The van der Waals surface area contributed by atoms with Gasteiger partial charge in [0.05, 0.1) is 17.2 Å². The number of thioether (sulfide) groups is 1. The van der Waals surface area contributed by atoms with E-state index in [9.17, 15) is 14.8 Å². The van der Waals surface area contributed by atoms with Crippen LogP contribution in [0.4, 0.5) is 0 Å². The zero-order valence-corrected chi connectivity index (χ0v) is 16.1. The van der Waals surface area contributed by atoms with Gasteiger partial charge in [0, 0.05) is 12.1 Å². The lowest BCUT2D eigenvalue weighted by Crippen LogP contribution is -2.28. The van der Waals surface area contributed by atoms with Gasteiger partial charge in [-0.05, 0) is 44.2 Å². The standard InChI is InChI=1S/C17H17N3O4S2/c1-4-24-17(22)13-9(2)12-15(21)18-14(19-16(12)26-13)10(3)25-11-7-5-6-8-20(11)23/h5-8,10H,4H2,1-3H3,(H,18,19,21)/t10-/m1/s1. The molecule has 0 fully saturated rings. The lowest BCUT2D eigenvalue weighted by atomic mass is 10.2. The molecule has 0 saturated carbocycles. The molecule has 3 aromatic rings. The smallest absolute Gasteiger partial charge is 0.348 e. The molecule has 1 atom stereocenters. The highest BCUT2D eigenvalue weighted by molar-refractivity contribution is 7.99. The van der Waals surface area contributed by atoms with Gasteiger partial charge in [-0.2, -0.15) is 4.73 Å². The number of thiophene rings is 1. The molecule has 0 aromatic carbocycles. The molecular weight excluding hydrogens is 374 g/mol. The van der Waals surface area contributed by atoms with Crippen LogP contribution in [-0.4, -0.2) is 22.5 Å². The number of aryl methyl sites for hydroxylation is 1. The van der Waals surface area contributed by atoms with E-state index in [1.165, 1.54) is 18.0 Å². The third-order valence-corrected chi connectivity index (χ3v) is 6.05. The average Bonchev–Trinajstić information content (AvgIpc) is 2.94. The van der Waals surface area contributed by atoms with Crippen molar-refractivity contribution in [2.45, 2.75) is 31.0 Å². The van der Waals surface area contributed by atoms with Crippen molar-refractivity contribution in [3.63, 3.8) is 0 Å². The summed E-state index contributed by atoms with van der Waals surface area (Å²) in [7, 11) is 0. The van der Waals surface area contributed by atoms with Gasteiger partial charge >= 0.3 is 5.97 Å². The Morgan fingerprint density at radius 3 is 2.96 bits per heavy atom. The first-order valence-electron chi connectivity index (χ1n) is 7.97. The second-order valence-electron chi connectivity index (χ2n) is 5.53. The van der Waals surface area contributed by atoms with E-state index in [0.717, 1.165) is 16.1 Å². The fourth-order valence-corrected chi connectivity index (χ4v) is 4.48. The van der Waals surface area contributed by atoms with Gasteiger partial charge in [0.2, 0.25) is 0 Å². The van der Waals surface area contributed by atoms with E-state index >= 15 is 0 Å². The minimum Gasteiger partial charge on any atom is -0.618 e. The minimum atomic E-state index is -0.451. The van der Waals surface area contributed by atoms with Crippen molar-refractivity contribution < 1.29 is 14.3 Å². The number of esters is 1. The molecule has 0 spiro atoms. The lowest BCUT2D eigenvalue weighted by molar-refractivity contribution is -0.645. The number of pyridine rings is 1. The predicted molar refractivity (Wildman–Crippen MR) is 101 cm³/mol. The summed E-state index contributed by atoms with van der Waals surface area (Å²) in [6.45, 7) is 5.56. The van der Waals surface area contributed by atoms with Crippen molar-refractivity contribution in [2.75, 3.05) is 6.61 Å². The van der Waals surface area contributed by atoms with Crippen LogP contribution in [0.25, 0.3) is 10.2 Å². The zero-order valence-electron chi connectivity index (χ0n) is 14.4. The molecule has 0 bridgehead atoms. The minimum absolute atomic E-state index is 0.247. The van der Waals surface area contributed by atoms with Crippen molar-refractivity contribution in [1.29, 1.82) is 0 Å². The maximum absolute atomic E-state index is 12.5. The van der Waals surface area contributed by atoms with E-state index in [2.05, 4.69) is 9.97 Å². The van der Waals surface area contributed by atoms with Crippen molar-refractivity contribution in [1.82, 2.24) is 9.97 Å². The zero-order chi connectivity index (χ0) is 18.8. The number of carbonyl (C=O) groups excluding carboxylic acids is 1. The monoisotopic (exact) mass is 391 g/mol. The van der Waals surface area contributed by atoms with Gasteiger partial charge in [-0.15, -0.1) is 11.3 Å². The van der Waals surface area contributed by atoms with Gasteiger partial charge in [0.1, 0.15) is 15.5 Å². The Balaban J connectivity index is 1.99. The summed E-state index contributed by atoms with van der Waals surface area (Å²) >= 11 is 2.44. The molecule has 0 amide bonds. The van der Waals surface area contributed by atoms with Crippen LogP contribution in [-0.2, 0) is 4.74 Å². The Kier molecular flexibility index (Phi) is 5.28. The second-order valence-corrected chi connectivity index (χ2v) is 7.89. The van der Waals surface area contributed by atoms with E-state index in [1.54, 1.807) is 32.0 Å². The van der Waals surface area contributed by atoms with Crippen LogP contribution < -0.4 is 10.3 Å². The molecule has 0 unspecified atom stereocenters. The molecule has 136 valence electrons. The molecule has 26 heavy (non-hydrogen) atoms. The molecule has 0 aliphatic carbocycles. The van der Waals surface area contributed by atoms with Gasteiger partial charge in [-0.25, -0.2) is 9.78 Å². The third kappa shape index (κ3) is 3.45. The highest BCUT2D eigenvalue weighted by atomic mass is 32.2. The SMILES string of the molecule is CCOC(=O)c1sc2nc([C@@H](C)Sc3cccc[n+]3[O-])[nH]c(=O)c2c1C. The first kappa shape index (κ1) is 18.4. The summed E-state index contributed by atoms with van der Waals surface area (Å²) < 4.78 is 5.81. The number of H-pyrrole nitrogens is 1. The lowest BCUT2D eigenvalue weighted by Gasteiger charge is -2.10. The van der Waals surface area contributed by atoms with Gasteiger partial charge in [0.15, 0.2) is 6.20 Å². The van der Waals surface area contributed by atoms with Gasteiger partial charge in [-0.1, -0.05) is 0 Å². The predicted octanol–water partition coefficient (Wildman–Crippen LogP) is 2.96. The summed E-state index contributed by atoms with van der Waals surface area (Å²) in [5.74, 6) is 0.000989. The van der Waals surface area contributed by atoms with Crippen molar-refractivity contribution in [3.8, 4) is 0 Å². The van der Waals surface area contributed by atoms with E-state index in [-0.39, 0.29) is 17.4 Å². The Labute approximate surface area is 157 Å². The van der Waals surface area contributed by atoms with Crippen LogP contribution in [0.1, 0.15) is 40.2 Å². The van der Waals surface area contributed by atoms with Crippen LogP contribution in [0.5, 0.6) is 0 Å². The number of carbonyl (C=O) groups is 1. The van der Waals surface area contributed by atoms with E-state index in [4.69, 9.17) is 4.74 Å². The van der Waals surface area contributed by atoms with Crippen LogP contribution in [0, 0.1) is 12.1 Å². The summed E-state index contributed by atoms with van der Waals surface area (Å²) in [4.78, 5) is 32.7. The maximum atomic E-state index is 12.5. The van der Waals surface area contributed by atoms with Crippen LogP contribution >= 0.6 is 23.1 Å². The number of ether oxygens (including phenoxy) is 1. The number of hydrogen-bond donors (Lipinski definition) is 1. The molecule has 0 aliphatic rings. The van der Waals surface area contributed by atoms with E-state index < -0.39 is 5.97 Å². The molecule has 0 radical (unpaired) electrons. The Morgan fingerprint density at radius 2 is 2.27 bits per heavy atom. The highest BCUT2D eigenvalue weighted by Crippen LogP contribution is 2.33. The molecule has 1 N–H and O–H groups in total. The van der Waals surface area contributed by atoms with Gasteiger partial charge < -0.3 is 14.9 Å². The maximum Gasteiger partial charge on any atom is 0.348 e. The normalized spacial score (nSPS) is 12.3. The van der Waals surface area contributed by atoms with E-state index in [0.29, 0.717) is 31.5 Å². The molecule has 3 rings (SSSR count). The Morgan fingerprint density at radius 1 is 1.50 bits per heavy atom. The number of aromatic amines is 1. The van der Waals surface area contributed by atoms with E-state index in [1.807, 2.05) is 6.92 Å². The molecule has 7 nitrogen and oxygen atoms in total. The summed E-state index contributed by atoms with van der Waals surface area (Å²) in [5.41, 5.74) is 0.273. The summed E-state index contributed by atoms with van der Waals surface area (Å²) in [6.07, 6.45) is 1.42. The fraction of sp³-hybridized carbons (Fsp3) is 0.294. The second kappa shape index (κ2) is 7.46. The van der Waals surface area contributed by atoms with Gasteiger partial charge in [-0.3, -0.25) is 4.79 Å². The molecule has 0 saturated heterocycles. The first-order valence-corrected chi connectivity index (χ1v) is 9.67. The number of aromatic nitrogens is 3. The largest absolute Gasteiger partial charge is 0.618 e. The van der Waals surface area contributed by atoms with Gasteiger partial charge in [0.25, 0.3) is 10.6 Å². The van der Waals surface area contributed by atoms with Crippen LogP contribution in [0.2, 0.25) is 0 Å². The number of nitrogens with one attached hydrogen (secondary N) is 1. The van der Waals surface area contributed by atoms with Crippen molar-refractivity contribution >= 4 is 39.3 Å². The first-order chi connectivity index (χ1) is 12.4. The summed E-state index contributed by atoms with van der Waals surface area (Å²) in [5, 5.41) is 12.5. The Hall–Kier alpha value is -2.39. The number of nitrogens with zero attached hydrogens (tertiary/aromatic N) is 2. The van der Waals surface area contributed by atoms with Crippen LogP contribution in [0.3, 0.4) is 0 Å². The highest BCUT2D eigenvalue weighted by Gasteiger charge is 2.22. The molecule has 9 heteroatoms. The van der Waals surface area contributed by atoms with Crippen LogP contribution in [0.15, 0.2) is 34.2 Å². The number of hydrogen-bond acceptors (Lipinski definition) is 7. The summed E-state index contributed by atoms with van der Waals surface area (Å²) in [6, 6.07) is 5.13. The molecular formula is C17H17N3O4S2. The Bertz CT molecular complexity index is 1030. The average molecular weight is 391 g/mol. The fourth-order valence-electron chi connectivity index (χ4n) is 2.49. The topological polar surface area (TPSA) is 99.0 Å². The molecule has 0 aliphatic heterocycles. The molecule has 3 aromatic heterocycles. The number of fused-ring (bicyclic) bond motifs is 1. The quantitative estimate of drug-likeness (QED) is 0.311. The van der Waals surface area contributed by atoms with Crippen molar-refractivity contribution in [3.05, 3.63) is 56.2 Å². The third-order valence-electron chi connectivity index (χ3n) is 3.75. The van der Waals surface area contributed by atoms with Crippen molar-refractivity contribution in [2.24, 2.45) is 0 Å². The number of rotatable bonds is 5.